The van der Waals surface area contributed by atoms with Gasteiger partial charge in [-0.2, -0.15) is 11.8 Å². The van der Waals surface area contributed by atoms with Gasteiger partial charge in [0.1, 0.15) is 0 Å². The summed E-state index contributed by atoms with van der Waals surface area (Å²) in [5.41, 5.74) is 3.43. The van der Waals surface area contributed by atoms with Crippen molar-refractivity contribution in [2.75, 3.05) is 25.7 Å². The number of hydrogen-bond donors (Lipinski definition) is 0. The molecule has 0 amide bonds. The summed E-state index contributed by atoms with van der Waals surface area (Å²) in [6, 6.07) is 15.1. The lowest BCUT2D eigenvalue weighted by atomic mass is 10.1. The van der Waals surface area contributed by atoms with Crippen LogP contribution in [0.2, 0.25) is 0 Å². The lowest BCUT2D eigenvalue weighted by molar-refractivity contribution is 0.0591. The molecule has 0 spiro atoms. The van der Waals surface area contributed by atoms with Crippen molar-refractivity contribution in [3.05, 3.63) is 70.8 Å². The largest absolute Gasteiger partial charge is 0.465 e. The minimum atomic E-state index is -0.306. The molecule has 0 fully saturated rings. The molecule has 2 rings (SSSR count). The number of benzene rings is 2. The second-order valence-corrected chi connectivity index (χ2v) is 6.72. The summed E-state index contributed by atoms with van der Waals surface area (Å²) in [6.07, 6.45) is 1.80. The van der Waals surface area contributed by atoms with Crippen LogP contribution in [0, 0.1) is 0 Å². The molecule has 0 heterocycles. The van der Waals surface area contributed by atoms with E-state index in [1.165, 1.54) is 14.2 Å². The van der Waals surface area contributed by atoms with Crippen LogP contribution in [-0.2, 0) is 22.3 Å². The molecule has 0 saturated carbocycles. The molecule has 4 nitrogen and oxygen atoms in total. The zero-order valence-corrected chi connectivity index (χ0v) is 15.3. The van der Waals surface area contributed by atoms with Gasteiger partial charge in [-0.15, -0.1) is 0 Å². The number of carbonyl (C=O) groups is 2. The van der Waals surface area contributed by atoms with Crippen LogP contribution in [0.25, 0.3) is 0 Å². The summed E-state index contributed by atoms with van der Waals surface area (Å²) in [5.74, 6) is 1.34. The molecule has 132 valence electrons. The van der Waals surface area contributed by atoms with Crippen LogP contribution < -0.4 is 0 Å². The highest BCUT2D eigenvalue weighted by Crippen LogP contribution is 2.13. The predicted octanol–water partition coefficient (Wildman–Crippen LogP) is 3.78. The third-order valence-corrected chi connectivity index (χ3v) is 4.75. The van der Waals surface area contributed by atoms with E-state index in [2.05, 4.69) is 0 Å². The van der Waals surface area contributed by atoms with Crippen molar-refractivity contribution >= 4 is 23.7 Å². The second-order valence-electron chi connectivity index (χ2n) is 5.50. The molecule has 0 N–H and O–H groups in total. The maximum atomic E-state index is 11.5. The minimum Gasteiger partial charge on any atom is -0.465 e. The van der Waals surface area contributed by atoms with Crippen LogP contribution in [-0.4, -0.2) is 37.7 Å². The molecule has 0 aromatic heterocycles. The first kappa shape index (κ1) is 19.1. The molecule has 25 heavy (non-hydrogen) atoms. The maximum absolute atomic E-state index is 11.5. The van der Waals surface area contributed by atoms with Crippen molar-refractivity contribution in [3.63, 3.8) is 0 Å². The van der Waals surface area contributed by atoms with Gasteiger partial charge >= 0.3 is 11.9 Å². The van der Waals surface area contributed by atoms with E-state index in [1.807, 2.05) is 48.2 Å². The quantitative estimate of drug-likeness (QED) is 0.531. The van der Waals surface area contributed by atoms with Gasteiger partial charge in [-0.3, -0.25) is 0 Å². The van der Waals surface area contributed by atoms with Crippen LogP contribution >= 0.6 is 11.8 Å². The number of esters is 2. The van der Waals surface area contributed by atoms with Gasteiger partial charge in [0.25, 0.3) is 0 Å². The molecule has 0 bridgehead atoms. The number of thioether (sulfide) groups is 1. The Labute approximate surface area is 152 Å². The highest BCUT2D eigenvalue weighted by molar-refractivity contribution is 7.99. The summed E-state index contributed by atoms with van der Waals surface area (Å²) >= 11 is 1.85. The Balaban J connectivity index is 1.77. The van der Waals surface area contributed by atoms with Crippen LogP contribution in [0.3, 0.4) is 0 Å². The van der Waals surface area contributed by atoms with Crippen LogP contribution in [0.4, 0.5) is 0 Å². The molecule has 0 saturated heterocycles. The van der Waals surface area contributed by atoms with Gasteiger partial charge in [-0.25, -0.2) is 9.59 Å². The van der Waals surface area contributed by atoms with Gasteiger partial charge in [0.15, 0.2) is 0 Å². The van der Waals surface area contributed by atoms with Crippen molar-refractivity contribution < 1.29 is 19.1 Å². The first-order valence-corrected chi connectivity index (χ1v) is 9.21. The first-order chi connectivity index (χ1) is 12.1. The molecule has 2 aromatic carbocycles. The summed E-state index contributed by atoms with van der Waals surface area (Å²) in [6.45, 7) is 0. The van der Waals surface area contributed by atoms with Gasteiger partial charge < -0.3 is 9.47 Å². The fourth-order valence-electron chi connectivity index (χ4n) is 2.43. The average molecular weight is 358 g/mol. The highest BCUT2D eigenvalue weighted by atomic mass is 32.2. The maximum Gasteiger partial charge on any atom is 0.337 e. The van der Waals surface area contributed by atoms with Crippen molar-refractivity contribution in [3.8, 4) is 0 Å². The average Bonchev–Trinajstić information content (AvgIpc) is 2.67. The highest BCUT2D eigenvalue weighted by Gasteiger charge is 2.07. The molecular weight excluding hydrogens is 336 g/mol. The summed E-state index contributed by atoms with van der Waals surface area (Å²) in [7, 11) is 2.78. The van der Waals surface area contributed by atoms with Gasteiger partial charge in [-0.1, -0.05) is 24.3 Å². The van der Waals surface area contributed by atoms with E-state index in [1.54, 1.807) is 12.1 Å². The molecule has 0 aliphatic carbocycles. The van der Waals surface area contributed by atoms with Crippen molar-refractivity contribution in [1.82, 2.24) is 0 Å². The van der Waals surface area contributed by atoms with Crippen LogP contribution in [0.1, 0.15) is 31.8 Å². The number of aryl methyl sites for hydroxylation is 2. The van der Waals surface area contributed by atoms with Crippen LogP contribution in [0.5, 0.6) is 0 Å². The van der Waals surface area contributed by atoms with E-state index >= 15 is 0 Å². The lowest BCUT2D eigenvalue weighted by Crippen LogP contribution is -2.02. The molecule has 0 aliphatic rings. The number of carbonyl (C=O) groups excluding carboxylic acids is 2. The summed E-state index contributed by atoms with van der Waals surface area (Å²) in [5, 5.41) is 0. The Bertz CT molecular complexity index is 666. The second kappa shape index (κ2) is 9.89. The number of ether oxygens (including phenoxy) is 2. The molecular formula is C20H22O4S. The Morgan fingerprint density at radius 2 is 1.24 bits per heavy atom. The standard InChI is InChI=1S/C20H22O4S/c1-23-19(21)17-7-3-5-15(13-17)9-11-25-12-10-16-6-4-8-18(14-16)20(22)24-2/h3-8,13-14H,9-12H2,1-2H3. The van der Waals surface area contributed by atoms with Gasteiger partial charge in [0, 0.05) is 0 Å². The molecule has 0 unspecified atom stereocenters. The zero-order chi connectivity index (χ0) is 18.1. The molecule has 0 aliphatic heterocycles. The van der Waals surface area contributed by atoms with Gasteiger partial charge in [-0.05, 0) is 59.7 Å². The van der Waals surface area contributed by atoms with Crippen molar-refractivity contribution in [1.29, 1.82) is 0 Å². The minimum absolute atomic E-state index is 0.306. The fraction of sp³-hybridized carbons (Fsp3) is 0.300. The SMILES string of the molecule is COC(=O)c1cccc(CCSCCc2cccc(C(=O)OC)c2)c1. The molecule has 0 radical (unpaired) electrons. The summed E-state index contributed by atoms with van der Waals surface area (Å²) in [4.78, 5) is 23.1. The van der Waals surface area contributed by atoms with Crippen LogP contribution in [0.15, 0.2) is 48.5 Å². The van der Waals surface area contributed by atoms with E-state index in [-0.39, 0.29) is 11.9 Å². The smallest absolute Gasteiger partial charge is 0.337 e. The monoisotopic (exact) mass is 358 g/mol. The Morgan fingerprint density at radius 1 is 0.800 bits per heavy atom. The number of hydrogen-bond acceptors (Lipinski definition) is 5. The third kappa shape index (κ3) is 5.94. The molecule has 2 aromatic rings. The van der Waals surface area contributed by atoms with Gasteiger partial charge in [0.05, 0.1) is 25.3 Å². The Hall–Kier alpha value is -2.27. The number of methoxy groups -OCH3 is 2. The Kier molecular flexibility index (Phi) is 7.54. The lowest BCUT2D eigenvalue weighted by Gasteiger charge is -2.06. The van der Waals surface area contributed by atoms with Gasteiger partial charge in [0.2, 0.25) is 0 Å². The third-order valence-electron chi connectivity index (χ3n) is 3.77. The fourth-order valence-corrected chi connectivity index (χ4v) is 3.39. The van der Waals surface area contributed by atoms with E-state index in [9.17, 15) is 9.59 Å². The molecule has 5 heteroatoms. The predicted molar refractivity (Wildman–Crippen MR) is 100 cm³/mol. The summed E-state index contributed by atoms with van der Waals surface area (Å²) < 4.78 is 9.48. The van der Waals surface area contributed by atoms with E-state index in [0.29, 0.717) is 11.1 Å². The first-order valence-electron chi connectivity index (χ1n) is 8.06. The molecule has 0 atom stereocenters. The van der Waals surface area contributed by atoms with E-state index in [4.69, 9.17) is 9.47 Å². The Morgan fingerprint density at radius 3 is 1.64 bits per heavy atom. The number of rotatable bonds is 8. The zero-order valence-electron chi connectivity index (χ0n) is 14.5. The topological polar surface area (TPSA) is 52.6 Å². The van der Waals surface area contributed by atoms with Crippen molar-refractivity contribution in [2.24, 2.45) is 0 Å². The van der Waals surface area contributed by atoms with E-state index in [0.717, 1.165) is 35.5 Å². The normalized spacial score (nSPS) is 10.3. The van der Waals surface area contributed by atoms with E-state index < -0.39 is 0 Å². The van der Waals surface area contributed by atoms with Crippen molar-refractivity contribution in [2.45, 2.75) is 12.8 Å².